The van der Waals surface area contributed by atoms with Gasteiger partial charge in [-0.15, -0.1) is 0 Å². The Kier molecular flexibility index (Phi) is 3.25. The molecule has 1 fully saturated rings. The Balaban J connectivity index is 2.39. The number of anilines is 2. The molecule has 1 aliphatic carbocycles. The smallest absolute Gasteiger partial charge is 0.405 e. The van der Waals surface area contributed by atoms with Crippen LogP contribution >= 0.6 is 0 Å². The molecule has 8 heteroatoms. The van der Waals surface area contributed by atoms with Crippen molar-refractivity contribution in [3.63, 3.8) is 0 Å². The molecule has 3 N–H and O–H groups in total. The molecule has 0 saturated heterocycles. The molecule has 0 aromatic carbocycles. The number of aromatic nitrogens is 1. The van der Waals surface area contributed by atoms with Gasteiger partial charge in [0.15, 0.2) is 0 Å². The maximum atomic E-state index is 12.6. The minimum Gasteiger partial charge on any atom is -0.478 e. The second-order valence-corrected chi connectivity index (χ2v) is 4.42. The summed E-state index contributed by atoms with van der Waals surface area (Å²) in [7, 11) is 0. The first-order valence-electron chi connectivity index (χ1n) is 5.60. The van der Waals surface area contributed by atoms with E-state index in [1.54, 1.807) is 0 Å². The molecule has 1 aromatic rings. The second-order valence-electron chi connectivity index (χ2n) is 4.42. The number of halogens is 3. The van der Waals surface area contributed by atoms with Gasteiger partial charge < -0.3 is 15.7 Å². The van der Waals surface area contributed by atoms with Gasteiger partial charge in [0.2, 0.25) is 0 Å². The molecule has 0 unspecified atom stereocenters. The van der Waals surface area contributed by atoms with Crippen LogP contribution in [0.2, 0.25) is 0 Å². The summed E-state index contributed by atoms with van der Waals surface area (Å²) in [6.45, 7) is -1.21. The van der Waals surface area contributed by atoms with E-state index in [1.165, 1.54) is 0 Å². The average Bonchev–Trinajstić information content (AvgIpc) is 3.08. The summed E-state index contributed by atoms with van der Waals surface area (Å²) in [5.74, 6) is -1.52. The molecule has 19 heavy (non-hydrogen) atoms. The minimum absolute atomic E-state index is 0.101. The highest BCUT2D eigenvalue weighted by molar-refractivity contribution is 5.94. The average molecular weight is 275 g/mol. The lowest BCUT2D eigenvalue weighted by Gasteiger charge is -2.26. The van der Waals surface area contributed by atoms with Gasteiger partial charge in [-0.3, -0.25) is 0 Å². The first-order chi connectivity index (χ1) is 8.78. The molecule has 0 bridgehead atoms. The summed E-state index contributed by atoms with van der Waals surface area (Å²) < 4.78 is 37.7. The fourth-order valence-corrected chi connectivity index (χ4v) is 1.82. The van der Waals surface area contributed by atoms with Crippen LogP contribution in [0.15, 0.2) is 12.3 Å². The first kappa shape index (κ1) is 13.4. The van der Waals surface area contributed by atoms with Crippen LogP contribution in [-0.4, -0.2) is 34.8 Å². The van der Waals surface area contributed by atoms with Gasteiger partial charge in [-0.25, -0.2) is 9.78 Å². The quantitative estimate of drug-likeness (QED) is 0.877. The number of nitrogen functional groups attached to an aromatic ring is 1. The third-order valence-electron chi connectivity index (χ3n) is 2.73. The fraction of sp³-hybridized carbons (Fsp3) is 0.455. The number of carboxylic acids is 1. The summed E-state index contributed by atoms with van der Waals surface area (Å²) in [5, 5.41) is 9.04. The predicted molar refractivity (Wildman–Crippen MR) is 62.0 cm³/mol. The van der Waals surface area contributed by atoms with Crippen molar-refractivity contribution >= 4 is 17.5 Å². The Morgan fingerprint density at radius 1 is 1.53 bits per heavy atom. The van der Waals surface area contributed by atoms with E-state index in [2.05, 4.69) is 4.98 Å². The number of alkyl halides is 3. The van der Waals surface area contributed by atoms with E-state index in [0.29, 0.717) is 12.8 Å². The van der Waals surface area contributed by atoms with Crippen LogP contribution in [0.1, 0.15) is 23.2 Å². The molecule has 0 atom stereocenters. The number of rotatable bonds is 4. The zero-order chi connectivity index (χ0) is 14.2. The van der Waals surface area contributed by atoms with Crippen molar-refractivity contribution < 1.29 is 23.1 Å². The maximum absolute atomic E-state index is 12.6. The van der Waals surface area contributed by atoms with Crippen LogP contribution in [0.5, 0.6) is 0 Å². The van der Waals surface area contributed by atoms with Crippen LogP contribution in [0.25, 0.3) is 0 Å². The summed E-state index contributed by atoms with van der Waals surface area (Å²) in [6, 6.07) is 0.812. The van der Waals surface area contributed by atoms with E-state index >= 15 is 0 Å². The molecule has 104 valence electrons. The summed E-state index contributed by atoms with van der Waals surface area (Å²) in [5.41, 5.74) is 5.21. The Morgan fingerprint density at radius 3 is 2.63 bits per heavy atom. The zero-order valence-corrected chi connectivity index (χ0v) is 9.81. The third-order valence-corrected chi connectivity index (χ3v) is 2.73. The molecule has 1 saturated carbocycles. The van der Waals surface area contributed by atoms with Crippen molar-refractivity contribution in [3.8, 4) is 0 Å². The zero-order valence-electron chi connectivity index (χ0n) is 9.81. The maximum Gasteiger partial charge on any atom is 0.405 e. The Bertz CT molecular complexity index is 500. The Labute approximate surface area is 106 Å². The number of aromatic carboxylic acids is 1. The third kappa shape index (κ3) is 3.27. The number of carbonyl (C=O) groups is 1. The summed E-state index contributed by atoms with van der Waals surface area (Å²) >= 11 is 0. The van der Waals surface area contributed by atoms with Crippen LogP contribution < -0.4 is 10.6 Å². The van der Waals surface area contributed by atoms with Crippen molar-refractivity contribution in [1.29, 1.82) is 0 Å². The lowest BCUT2D eigenvalue weighted by Crippen LogP contribution is -2.37. The highest BCUT2D eigenvalue weighted by atomic mass is 19.4. The monoisotopic (exact) mass is 275 g/mol. The molecule has 0 amide bonds. The molecule has 1 aromatic heterocycles. The lowest BCUT2D eigenvalue weighted by atomic mass is 10.2. The number of hydrogen-bond donors (Lipinski definition) is 2. The Hall–Kier alpha value is -1.99. The summed E-state index contributed by atoms with van der Waals surface area (Å²) in [6.07, 6.45) is -2.06. The van der Waals surface area contributed by atoms with Crippen LogP contribution in [0.4, 0.5) is 24.7 Å². The molecule has 5 nitrogen and oxygen atoms in total. The number of hydrogen-bond acceptors (Lipinski definition) is 4. The number of pyridine rings is 1. The number of nitrogens with zero attached hydrogens (tertiary/aromatic N) is 2. The van der Waals surface area contributed by atoms with E-state index in [0.717, 1.165) is 17.2 Å². The van der Waals surface area contributed by atoms with E-state index in [-0.39, 0.29) is 23.1 Å². The molecule has 1 heterocycles. The van der Waals surface area contributed by atoms with E-state index < -0.39 is 18.7 Å². The van der Waals surface area contributed by atoms with Crippen molar-refractivity contribution in [1.82, 2.24) is 4.98 Å². The van der Waals surface area contributed by atoms with Gasteiger partial charge in [-0.1, -0.05) is 0 Å². The molecule has 0 spiro atoms. The SMILES string of the molecule is Nc1cnc(N(CC(F)(F)F)C2CC2)c(C(=O)O)c1. The van der Waals surface area contributed by atoms with Gasteiger partial charge in [-0.05, 0) is 18.9 Å². The molecule has 0 aliphatic heterocycles. The standard InChI is InChI=1S/C11H12F3N3O2/c12-11(13,14)5-17(7-1-2-7)9-8(10(18)19)3-6(15)4-16-9/h3-4,7H,1-2,5,15H2,(H,18,19). The highest BCUT2D eigenvalue weighted by Crippen LogP contribution is 2.35. The lowest BCUT2D eigenvalue weighted by molar-refractivity contribution is -0.120. The van der Waals surface area contributed by atoms with Gasteiger partial charge in [0.25, 0.3) is 0 Å². The van der Waals surface area contributed by atoms with Gasteiger partial charge in [-0.2, -0.15) is 13.2 Å². The second kappa shape index (κ2) is 4.60. The van der Waals surface area contributed by atoms with Crippen molar-refractivity contribution in [2.75, 3.05) is 17.2 Å². The van der Waals surface area contributed by atoms with Crippen LogP contribution in [0, 0.1) is 0 Å². The van der Waals surface area contributed by atoms with Gasteiger partial charge in [0, 0.05) is 6.04 Å². The van der Waals surface area contributed by atoms with E-state index in [4.69, 9.17) is 10.8 Å². The topological polar surface area (TPSA) is 79.5 Å². The molecular formula is C11H12F3N3O2. The minimum atomic E-state index is -4.42. The van der Waals surface area contributed by atoms with E-state index in [1.807, 2.05) is 0 Å². The van der Waals surface area contributed by atoms with Crippen molar-refractivity contribution in [2.24, 2.45) is 0 Å². The molecule has 1 aliphatic rings. The molecular weight excluding hydrogens is 263 g/mol. The molecule has 2 rings (SSSR count). The van der Waals surface area contributed by atoms with Crippen molar-refractivity contribution in [2.45, 2.75) is 25.1 Å². The first-order valence-corrected chi connectivity index (χ1v) is 5.60. The predicted octanol–water partition coefficient (Wildman–Crippen LogP) is 1.89. The largest absolute Gasteiger partial charge is 0.478 e. The normalized spacial score (nSPS) is 15.3. The fourth-order valence-electron chi connectivity index (χ4n) is 1.82. The number of nitrogens with two attached hydrogens (primary N) is 1. The van der Waals surface area contributed by atoms with Gasteiger partial charge in [0.05, 0.1) is 11.9 Å². The van der Waals surface area contributed by atoms with Gasteiger partial charge >= 0.3 is 12.1 Å². The van der Waals surface area contributed by atoms with Crippen LogP contribution in [0.3, 0.4) is 0 Å². The number of carboxylic acid groups (broad SMARTS) is 1. The van der Waals surface area contributed by atoms with Gasteiger partial charge in [0.1, 0.15) is 17.9 Å². The van der Waals surface area contributed by atoms with E-state index in [9.17, 15) is 18.0 Å². The highest BCUT2D eigenvalue weighted by Gasteiger charge is 2.40. The van der Waals surface area contributed by atoms with Crippen molar-refractivity contribution in [3.05, 3.63) is 17.8 Å². The Morgan fingerprint density at radius 2 is 2.16 bits per heavy atom. The summed E-state index contributed by atoms with van der Waals surface area (Å²) in [4.78, 5) is 15.8. The van der Waals surface area contributed by atoms with Crippen LogP contribution in [-0.2, 0) is 0 Å². The molecule has 0 radical (unpaired) electrons.